The molecule has 3 rings (SSSR count). The molecule has 0 aliphatic carbocycles. The second-order valence-corrected chi connectivity index (χ2v) is 5.11. The smallest absolute Gasteiger partial charge is 0.422 e. The van der Waals surface area contributed by atoms with Gasteiger partial charge < -0.3 is 14.0 Å². The predicted octanol–water partition coefficient (Wildman–Crippen LogP) is 3.18. The van der Waals surface area contributed by atoms with Gasteiger partial charge in [-0.15, -0.1) is 0 Å². The Morgan fingerprint density at radius 2 is 1.92 bits per heavy atom. The van der Waals surface area contributed by atoms with Crippen LogP contribution < -0.4 is 4.74 Å². The fraction of sp³-hybridized carbons (Fsp3) is 0.250. The van der Waals surface area contributed by atoms with Crippen molar-refractivity contribution in [3.63, 3.8) is 0 Å². The third-order valence-electron chi connectivity index (χ3n) is 3.05. The number of hydrogen-bond donors (Lipinski definition) is 0. The first-order chi connectivity index (χ1) is 12.5. The summed E-state index contributed by atoms with van der Waals surface area (Å²) in [4.78, 5) is 12.0. The zero-order valence-corrected chi connectivity index (χ0v) is 13.3. The van der Waals surface area contributed by atoms with Gasteiger partial charge in [0.1, 0.15) is 6.61 Å². The zero-order valence-electron chi connectivity index (χ0n) is 13.3. The fourth-order valence-electron chi connectivity index (χ4n) is 1.94. The van der Waals surface area contributed by atoms with E-state index in [4.69, 9.17) is 9.26 Å². The van der Waals surface area contributed by atoms with Crippen LogP contribution in [-0.4, -0.2) is 32.9 Å². The Labute approximate surface area is 145 Å². The van der Waals surface area contributed by atoms with Crippen molar-refractivity contribution in [2.75, 3.05) is 6.61 Å². The van der Waals surface area contributed by atoms with E-state index in [-0.39, 0.29) is 30.8 Å². The summed E-state index contributed by atoms with van der Waals surface area (Å²) in [6, 6.07) is 8.30. The Morgan fingerprint density at radius 3 is 2.69 bits per heavy atom. The number of aromatic nitrogens is 4. The third-order valence-corrected chi connectivity index (χ3v) is 3.05. The van der Waals surface area contributed by atoms with Crippen molar-refractivity contribution in [2.24, 2.45) is 0 Å². The van der Waals surface area contributed by atoms with Crippen LogP contribution in [0, 0.1) is 0 Å². The maximum atomic E-state index is 12.2. The molecule has 0 aliphatic heterocycles. The van der Waals surface area contributed by atoms with Gasteiger partial charge in [-0.2, -0.15) is 18.2 Å². The molecule has 10 heteroatoms. The molecule has 0 N–H and O–H groups in total. The van der Waals surface area contributed by atoms with Gasteiger partial charge in [0.05, 0.1) is 12.3 Å². The lowest BCUT2D eigenvalue weighted by atomic mass is 10.2. The summed E-state index contributed by atoms with van der Waals surface area (Å²) < 4.78 is 51.7. The molecule has 0 atom stereocenters. The largest absolute Gasteiger partial charge is 0.468 e. The number of ether oxygens (including phenoxy) is 2. The van der Waals surface area contributed by atoms with Gasteiger partial charge in [-0.05, 0) is 18.2 Å². The normalized spacial score (nSPS) is 11.5. The molecule has 0 bridgehead atoms. The molecule has 0 saturated heterocycles. The van der Waals surface area contributed by atoms with Crippen LogP contribution in [0.3, 0.4) is 0 Å². The van der Waals surface area contributed by atoms with Gasteiger partial charge in [-0.25, -0.2) is 4.98 Å². The molecule has 0 amide bonds. The molecule has 3 aromatic heterocycles. The number of nitrogens with zero attached hydrogens (tertiary/aromatic N) is 4. The molecule has 0 spiro atoms. The highest BCUT2D eigenvalue weighted by atomic mass is 19.4. The van der Waals surface area contributed by atoms with Crippen LogP contribution in [0.15, 0.2) is 47.2 Å². The highest BCUT2D eigenvalue weighted by Crippen LogP contribution is 2.22. The van der Waals surface area contributed by atoms with Crippen molar-refractivity contribution in [3.8, 4) is 17.3 Å². The second-order valence-electron chi connectivity index (χ2n) is 5.11. The average molecular weight is 366 g/mol. The molecule has 0 saturated carbocycles. The number of pyridine rings is 2. The number of alkyl halides is 3. The van der Waals surface area contributed by atoms with Crippen molar-refractivity contribution in [1.29, 1.82) is 0 Å². The standard InChI is InChI=1S/C16H13F3N4O3/c17-16(18,19)10-25-13-7-11(4-6-21-13)15-22-14(26-23-15)9-24-8-12-3-1-2-5-20-12/h1-7H,8-10H2. The van der Waals surface area contributed by atoms with Crippen LogP contribution in [0.4, 0.5) is 13.2 Å². The van der Waals surface area contributed by atoms with Crippen LogP contribution in [0.25, 0.3) is 11.4 Å². The lowest BCUT2D eigenvalue weighted by molar-refractivity contribution is -0.154. The van der Waals surface area contributed by atoms with Gasteiger partial charge in [0.25, 0.3) is 5.89 Å². The number of hydrogen-bond acceptors (Lipinski definition) is 7. The zero-order chi connectivity index (χ0) is 18.4. The number of halogens is 3. The van der Waals surface area contributed by atoms with E-state index in [2.05, 4.69) is 24.8 Å². The molecule has 0 unspecified atom stereocenters. The van der Waals surface area contributed by atoms with E-state index in [0.717, 1.165) is 5.69 Å². The second kappa shape index (κ2) is 7.91. The van der Waals surface area contributed by atoms with Gasteiger partial charge in [0.2, 0.25) is 11.7 Å². The van der Waals surface area contributed by atoms with E-state index >= 15 is 0 Å². The van der Waals surface area contributed by atoms with Gasteiger partial charge in [-0.1, -0.05) is 11.2 Å². The van der Waals surface area contributed by atoms with Crippen LogP contribution in [0.1, 0.15) is 11.6 Å². The maximum Gasteiger partial charge on any atom is 0.422 e. The monoisotopic (exact) mass is 366 g/mol. The van der Waals surface area contributed by atoms with Gasteiger partial charge in [0.15, 0.2) is 6.61 Å². The predicted molar refractivity (Wildman–Crippen MR) is 81.8 cm³/mol. The van der Waals surface area contributed by atoms with Crippen LogP contribution >= 0.6 is 0 Å². The minimum Gasteiger partial charge on any atom is -0.468 e. The third kappa shape index (κ3) is 5.24. The van der Waals surface area contributed by atoms with Crippen LogP contribution in [0.5, 0.6) is 5.88 Å². The molecular weight excluding hydrogens is 353 g/mol. The van der Waals surface area contributed by atoms with E-state index in [0.29, 0.717) is 5.56 Å². The SMILES string of the molecule is FC(F)(F)COc1cc(-c2noc(COCc3ccccn3)n2)ccn1. The first-order valence-corrected chi connectivity index (χ1v) is 7.46. The molecule has 0 aliphatic rings. The Bertz CT molecular complexity index is 840. The minimum absolute atomic E-state index is 0.0755. The average Bonchev–Trinajstić information content (AvgIpc) is 3.10. The quantitative estimate of drug-likeness (QED) is 0.635. The van der Waals surface area contributed by atoms with E-state index < -0.39 is 12.8 Å². The van der Waals surface area contributed by atoms with Crippen molar-refractivity contribution in [3.05, 3.63) is 54.3 Å². The summed E-state index contributed by atoms with van der Waals surface area (Å²) in [5.74, 6) is 0.240. The van der Waals surface area contributed by atoms with E-state index in [1.807, 2.05) is 12.1 Å². The lowest BCUT2D eigenvalue weighted by Gasteiger charge is -2.08. The van der Waals surface area contributed by atoms with Crippen molar-refractivity contribution in [1.82, 2.24) is 20.1 Å². The van der Waals surface area contributed by atoms with Crippen molar-refractivity contribution < 1.29 is 27.2 Å². The Balaban J connectivity index is 1.58. The summed E-state index contributed by atoms with van der Waals surface area (Å²) in [6.07, 6.45) is -1.48. The topological polar surface area (TPSA) is 83.2 Å². The van der Waals surface area contributed by atoms with Gasteiger partial charge in [0, 0.05) is 24.0 Å². The fourth-order valence-corrected chi connectivity index (χ4v) is 1.94. The maximum absolute atomic E-state index is 12.2. The van der Waals surface area contributed by atoms with Crippen LogP contribution in [0.2, 0.25) is 0 Å². The van der Waals surface area contributed by atoms with Gasteiger partial charge >= 0.3 is 6.18 Å². The Kier molecular flexibility index (Phi) is 5.42. The molecule has 3 aromatic rings. The van der Waals surface area contributed by atoms with Gasteiger partial charge in [-0.3, -0.25) is 4.98 Å². The molecule has 0 fully saturated rings. The highest BCUT2D eigenvalue weighted by Gasteiger charge is 2.28. The van der Waals surface area contributed by atoms with E-state index in [9.17, 15) is 13.2 Å². The minimum atomic E-state index is -4.44. The molecule has 7 nitrogen and oxygen atoms in total. The van der Waals surface area contributed by atoms with Crippen LogP contribution in [-0.2, 0) is 18.0 Å². The first-order valence-electron chi connectivity index (χ1n) is 7.46. The molecule has 0 aromatic carbocycles. The molecule has 136 valence electrons. The summed E-state index contributed by atoms with van der Waals surface area (Å²) in [5, 5.41) is 3.77. The Hall–Kier alpha value is -3.01. The molecule has 0 radical (unpaired) electrons. The first kappa shape index (κ1) is 17.8. The van der Waals surface area contributed by atoms with Crippen molar-refractivity contribution >= 4 is 0 Å². The molecule has 26 heavy (non-hydrogen) atoms. The molecule has 3 heterocycles. The summed E-state index contributed by atoms with van der Waals surface area (Å²) >= 11 is 0. The highest BCUT2D eigenvalue weighted by molar-refractivity contribution is 5.55. The lowest BCUT2D eigenvalue weighted by Crippen LogP contribution is -2.19. The Morgan fingerprint density at radius 1 is 1.04 bits per heavy atom. The summed E-state index contributed by atoms with van der Waals surface area (Å²) in [6.45, 7) is -1.07. The number of rotatable bonds is 7. The molecular formula is C16H13F3N4O3. The van der Waals surface area contributed by atoms with E-state index in [1.54, 1.807) is 12.3 Å². The van der Waals surface area contributed by atoms with Crippen molar-refractivity contribution in [2.45, 2.75) is 19.4 Å². The summed E-state index contributed by atoms with van der Waals surface area (Å²) in [5.41, 5.74) is 1.17. The van der Waals surface area contributed by atoms with E-state index in [1.165, 1.54) is 18.3 Å². The summed E-state index contributed by atoms with van der Waals surface area (Å²) in [7, 11) is 0.